The van der Waals surface area contributed by atoms with E-state index in [-0.39, 0.29) is 0 Å². The molecule has 2 rings (SSSR count). The third-order valence-corrected chi connectivity index (χ3v) is 4.26. The first-order valence-corrected chi connectivity index (χ1v) is 7.01. The van der Waals surface area contributed by atoms with Crippen LogP contribution in [0.3, 0.4) is 0 Å². The van der Waals surface area contributed by atoms with Crippen molar-refractivity contribution < 1.29 is 13.2 Å². The van der Waals surface area contributed by atoms with Crippen LogP contribution in [0.2, 0.25) is 0 Å². The summed E-state index contributed by atoms with van der Waals surface area (Å²) in [6, 6.07) is 0.300. The first-order chi connectivity index (χ1) is 8.55. The maximum Gasteiger partial charge on any atom is 0.391 e. The molecule has 0 aromatic heterocycles. The Kier molecular flexibility index (Phi) is 4.71. The highest BCUT2D eigenvalue weighted by Crippen LogP contribution is 2.37. The highest BCUT2D eigenvalue weighted by molar-refractivity contribution is 4.91. The van der Waals surface area contributed by atoms with E-state index in [1.165, 1.54) is 6.42 Å². The van der Waals surface area contributed by atoms with E-state index in [4.69, 9.17) is 0 Å². The predicted octanol–water partition coefficient (Wildman–Crippen LogP) is 4.05. The summed E-state index contributed by atoms with van der Waals surface area (Å²) in [5.41, 5.74) is 0. The van der Waals surface area contributed by atoms with Crippen LogP contribution in [0.1, 0.15) is 44.9 Å². The van der Waals surface area contributed by atoms with Crippen molar-refractivity contribution in [3.8, 4) is 0 Å². The Morgan fingerprint density at radius 1 is 1.00 bits per heavy atom. The van der Waals surface area contributed by atoms with Gasteiger partial charge < -0.3 is 5.32 Å². The highest BCUT2D eigenvalue weighted by atomic mass is 19.4. The Bertz CT molecular complexity index is 277. The fourth-order valence-electron chi connectivity index (χ4n) is 3.00. The van der Waals surface area contributed by atoms with E-state index in [9.17, 15) is 13.2 Å². The van der Waals surface area contributed by atoms with Crippen molar-refractivity contribution in [3.63, 3.8) is 0 Å². The van der Waals surface area contributed by atoms with E-state index in [0.717, 1.165) is 19.4 Å². The van der Waals surface area contributed by atoms with Crippen molar-refractivity contribution in [2.24, 2.45) is 11.8 Å². The van der Waals surface area contributed by atoms with Crippen molar-refractivity contribution in [3.05, 3.63) is 12.2 Å². The summed E-state index contributed by atoms with van der Waals surface area (Å²) in [4.78, 5) is 0. The molecule has 0 aliphatic heterocycles. The largest absolute Gasteiger partial charge is 0.391 e. The molecule has 1 saturated carbocycles. The van der Waals surface area contributed by atoms with Gasteiger partial charge in [-0.05, 0) is 57.4 Å². The standard InChI is InChI=1S/C14H22F3N/c15-14(16,17)12-6-8-13(9-7-12)18-10-11-4-2-1-3-5-11/h1-2,11-13,18H,3-10H2. The molecule has 1 N–H and O–H groups in total. The van der Waals surface area contributed by atoms with Crippen LogP contribution < -0.4 is 5.32 Å². The molecule has 1 unspecified atom stereocenters. The van der Waals surface area contributed by atoms with Crippen molar-refractivity contribution >= 4 is 0 Å². The third-order valence-electron chi connectivity index (χ3n) is 4.26. The van der Waals surface area contributed by atoms with E-state index in [0.29, 0.717) is 37.6 Å². The molecule has 4 heteroatoms. The van der Waals surface area contributed by atoms with Crippen LogP contribution in [-0.4, -0.2) is 18.8 Å². The number of rotatable bonds is 3. The van der Waals surface area contributed by atoms with Gasteiger partial charge in [0.25, 0.3) is 0 Å². The Morgan fingerprint density at radius 2 is 1.72 bits per heavy atom. The topological polar surface area (TPSA) is 12.0 Å². The molecule has 104 valence electrons. The average molecular weight is 261 g/mol. The monoisotopic (exact) mass is 261 g/mol. The van der Waals surface area contributed by atoms with E-state index in [1.807, 2.05) is 0 Å². The van der Waals surface area contributed by atoms with E-state index in [1.54, 1.807) is 0 Å². The van der Waals surface area contributed by atoms with Gasteiger partial charge in [0.05, 0.1) is 5.92 Å². The van der Waals surface area contributed by atoms with Crippen molar-refractivity contribution in [1.29, 1.82) is 0 Å². The van der Waals surface area contributed by atoms with Crippen molar-refractivity contribution in [2.75, 3.05) is 6.54 Å². The minimum Gasteiger partial charge on any atom is -0.314 e. The minimum atomic E-state index is -3.99. The number of nitrogens with one attached hydrogen (secondary N) is 1. The van der Waals surface area contributed by atoms with E-state index in [2.05, 4.69) is 17.5 Å². The molecule has 0 heterocycles. The number of alkyl halides is 3. The lowest BCUT2D eigenvalue weighted by Gasteiger charge is -2.31. The molecule has 18 heavy (non-hydrogen) atoms. The second kappa shape index (κ2) is 6.09. The summed E-state index contributed by atoms with van der Waals surface area (Å²) >= 11 is 0. The highest BCUT2D eigenvalue weighted by Gasteiger charge is 2.41. The maximum atomic E-state index is 12.5. The Balaban J connectivity index is 1.66. The van der Waals surface area contributed by atoms with Gasteiger partial charge in [0, 0.05) is 6.04 Å². The van der Waals surface area contributed by atoms with Gasteiger partial charge in [-0.15, -0.1) is 0 Å². The fourth-order valence-corrected chi connectivity index (χ4v) is 3.00. The molecule has 1 fully saturated rings. The lowest BCUT2D eigenvalue weighted by molar-refractivity contribution is -0.182. The molecule has 2 aliphatic rings. The predicted molar refractivity (Wildman–Crippen MR) is 66.3 cm³/mol. The molecule has 2 aliphatic carbocycles. The number of allylic oxidation sites excluding steroid dienone is 2. The van der Waals surface area contributed by atoms with Crippen molar-refractivity contribution in [1.82, 2.24) is 5.32 Å². The number of hydrogen-bond acceptors (Lipinski definition) is 1. The molecule has 0 bridgehead atoms. The van der Waals surface area contributed by atoms with E-state index < -0.39 is 12.1 Å². The zero-order chi connectivity index (χ0) is 13.0. The van der Waals surface area contributed by atoms with Gasteiger partial charge in [-0.3, -0.25) is 0 Å². The summed E-state index contributed by atoms with van der Waals surface area (Å²) in [6.45, 7) is 0.964. The molecule has 0 saturated heterocycles. The molecule has 0 amide bonds. The summed E-state index contributed by atoms with van der Waals surface area (Å²) in [5.74, 6) is -0.386. The van der Waals surface area contributed by atoms with Gasteiger partial charge in [0.15, 0.2) is 0 Å². The number of hydrogen-bond donors (Lipinski definition) is 1. The molecule has 0 aromatic carbocycles. The Morgan fingerprint density at radius 3 is 2.28 bits per heavy atom. The summed E-state index contributed by atoms with van der Waals surface area (Å²) in [5, 5.41) is 3.46. The van der Waals surface area contributed by atoms with E-state index >= 15 is 0 Å². The summed E-state index contributed by atoms with van der Waals surface area (Å²) in [6.07, 6.45) is 5.86. The number of halogens is 3. The third kappa shape index (κ3) is 4.01. The summed E-state index contributed by atoms with van der Waals surface area (Å²) in [7, 11) is 0. The molecule has 1 nitrogen and oxygen atoms in total. The van der Waals surface area contributed by atoms with Crippen LogP contribution >= 0.6 is 0 Å². The smallest absolute Gasteiger partial charge is 0.314 e. The van der Waals surface area contributed by atoms with Crippen LogP contribution in [-0.2, 0) is 0 Å². The van der Waals surface area contributed by atoms with Gasteiger partial charge >= 0.3 is 6.18 Å². The zero-order valence-electron chi connectivity index (χ0n) is 10.7. The van der Waals surface area contributed by atoms with Gasteiger partial charge in [-0.1, -0.05) is 12.2 Å². The quantitative estimate of drug-likeness (QED) is 0.756. The van der Waals surface area contributed by atoms with Gasteiger partial charge in [-0.2, -0.15) is 13.2 Å². The SMILES string of the molecule is FC(F)(F)C1CCC(NCC2CC=CCC2)CC1. The molecular weight excluding hydrogens is 239 g/mol. The maximum absolute atomic E-state index is 12.5. The zero-order valence-corrected chi connectivity index (χ0v) is 10.7. The van der Waals surface area contributed by atoms with Crippen LogP contribution in [0.4, 0.5) is 13.2 Å². The van der Waals surface area contributed by atoms with Crippen molar-refractivity contribution in [2.45, 2.75) is 57.2 Å². The van der Waals surface area contributed by atoms with Crippen LogP contribution in [0.15, 0.2) is 12.2 Å². The second-order valence-electron chi connectivity index (χ2n) is 5.65. The molecule has 0 radical (unpaired) electrons. The van der Waals surface area contributed by atoms with Crippen LogP contribution in [0, 0.1) is 11.8 Å². The normalized spacial score (nSPS) is 33.6. The minimum absolute atomic E-state index is 0.297. The second-order valence-corrected chi connectivity index (χ2v) is 5.65. The Hall–Kier alpha value is -0.510. The van der Waals surface area contributed by atoms with Gasteiger partial charge in [-0.25, -0.2) is 0 Å². The van der Waals surface area contributed by atoms with Gasteiger partial charge in [0.2, 0.25) is 0 Å². The van der Waals surface area contributed by atoms with Crippen LogP contribution in [0.5, 0.6) is 0 Å². The molecule has 0 spiro atoms. The summed E-state index contributed by atoms with van der Waals surface area (Å²) < 4.78 is 37.6. The lowest BCUT2D eigenvalue weighted by Crippen LogP contribution is -2.39. The Labute approximate surface area is 107 Å². The molecule has 0 aromatic rings. The van der Waals surface area contributed by atoms with Crippen LogP contribution in [0.25, 0.3) is 0 Å². The molecule has 1 atom stereocenters. The average Bonchev–Trinajstić information content (AvgIpc) is 2.37. The fraction of sp³-hybridized carbons (Fsp3) is 0.857. The first kappa shape index (κ1) is 13.9. The lowest BCUT2D eigenvalue weighted by atomic mass is 9.85. The molecular formula is C14H22F3N. The first-order valence-electron chi connectivity index (χ1n) is 7.01. The van der Waals surface area contributed by atoms with Gasteiger partial charge in [0.1, 0.15) is 0 Å².